The zero-order valence-electron chi connectivity index (χ0n) is 18.1. The molecule has 0 spiro atoms. The lowest BCUT2D eigenvalue weighted by atomic mass is 10.1. The van der Waals surface area contributed by atoms with E-state index in [0.29, 0.717) is 38.7 Å². The number of aliphatic imine (C=N–C) groups is 1. The molecule has 1 aromatic heterocycles. The summed E-state index contributed by atoms with van der Waals surface area (Å²) in [5.74, 6) is 0.0383. The first-order valence-electron chi connectivity index (χ1n) is 10.5. The maximum absolute atomic E-state index is 12.5. The molecule has 0 saturated heterocycles. The Morgan fingerprint density at radius 3 is 2.76 bits per heavy atom. The smallest absolute Gasteiger partial charge is 0.343 e. The minimum absolute atomic E-state index is 0.246. The topological polar surface area (TPSA) is 89.9 Å². The number of esters is 1. The highest BCUT2D eigenvalue weighted by molar-refractivity contribution is 8.18. The van der Waals surface area contributed by atoms with Crippen molar-refractivity contribution in [3.05, 3.63) is 76.3 Å². The molecule has 0 radical (unpaired) electrons. The van der Waals surface area contributed by atoms with E-state index in [0.717, 1.165) is 12.0 Å². The molecular weight excluding hydrogens is 438 g/mol. The fourth-order valence-corrected chi connectivity index (χ4v) is 4.83. The lowest BCUT2D eigenvalue weighted by Gasteiger charge is -2.10. The van der Waals surface area contributed by atoms with Gasteiger partial charge < -0.3 is 14.8 Å². The summed E-state index contributed by atoms with van der Waals surface area (Å²) in [6.07, 6.45) is 4.25. The highest BCUT2D eigenvalue weighted by Gasteiger charge is 2.40. The number of amidine groups is 1. The van der Waals surface area contributed by atoms with Crippen molar-refractivity contribution in [2.45, 2.75) is 18.4 Å². The van der Waals surface area contributed by atoms with Crippen molar-refractivity contribution >= 4 is 45.8 Å². The average molecular weight is 460 g/mol. The second-order valence-electron chi connectivity index (χ2n) is 7.81. The zero-order chi connectivity index (χ0) is 22.9. The number of methoxy groups -OCH3 is 2. The van der Waals surface area contributed by atoms with Crippen LogP contribution < -0.4 is 10.1 Å². The van der Waals surface area contributed by atoms with Gasteiger partial charge in [0.2, 0.25) is 0 Å². The average Bonchev–Trinajstić information content (AvgIpc) is 3.53. The fourth-order valence-electron chi connectivity index (χ4n) is 3.95. The summed E-state index contributed by atoms with van der Waals surface area (Å²) in [4.78, 5) is 33.6. The zero-order valence-corrected chi connectivity index (χ0v) is 18.9. The number of thioether (sulfide) groups is 1. The van der Waals surface area contributed by atoms with Crippen molar-refractivity contribution in [2.75, 3.05) is 14.2 Å². The van der Waals surface area contributed by atoms with Crippen LogP contribution in [0, 0.1) is 0 Å². The summed E-state index contributed by atoms with van der Waals surface area (Å²) >= 11 is 1.34. The number of nitrogens with one attached hydrogen (secondary N) is 1. The van der Waals surface area contributed by atoms with E-state index in [2.05, 4.69) is 27.4 Å². The first kappa shape index (κ1) is 21.2. The Bertz CT molecular complexity index is 1320. The number of aromatic nitrogens is 1. The summed E-state index contributed by atoms with van der Waals surface area (Å²) in [6, 6.07) is 16.2. The van der Waals surface area contributed by atoms with Crippen molar-refractivity contribution < 1.29 is 19.1 Å². The third kappa shape index (κ3) is 4.21. The molecule has 1 aliphatic carbocycles. The molecule has 33 heavy (non-hydrogen) atoms. The van der Waals surface area contributed by atoms with Crippen LogP contribution in [-0.4, -0.2) is 42.3 Å². The number of carbonyl (C=O) groups excluding carboxylic acids is 2. The summed E-state index contributed by atoms with van der Waals surface area (Å²) in [5, 5.41) is 4.68. The first-order valence-corrected chi connectivity index (χ1v) is 11.3. The van der Waals surface area contributed by atoms with Gasteiger partial charge in [0.1, 0.15) is 11.3 Å². The van der Waals surface area contributed by atoms with Gasteiger partial charge in [-0.05, 0) is 47.5 Å². The van der Waals surface area contributed by atoms with E-state index in [1.165, 1.54) is 37.7 Å². The Hall–Kier alpha value is -3.65. The molecule has 5 rings (SSSR count). The first-order chi connectivity index (χ1) is 16.1. The summed E-state index contributed by atoms with van der Waals surface area (Å²) in [5.41, 5.74) is 3.00. The predicted octanol–water partition coefficient (Wildman–Crippen LogP) is 4.15. The molecular formula is C25H21N3O4S. The number of pyridine rings is 1. The highest BCUT2D eigenvalue weighted by Crippen LogP contribution is 2.42. The second kappa shape index (κ2) is 8.71. The minimum atomic E-state index is -0.524. The molecule has 1 amide bonds. The maximum atomic E-state index is 12.5. The van der Waals surface area contributed by atoms with Gasteiger partial charge in [-0.2, -0.15) is 4.99 Å². The van der Waals surface area contributed by atoms with E-state index in [1.807, 2.05) is 36.4 Å². The van der Waals surface area contributed by atoms with Crippen molar-refractivity contribution in [2.24, 2.45) is 4.99 Å². The number of hydrogen-bond donors (Lipinski definition) is 1. The number of ether oxygens (including phenoxy) is 2. The van der Waals surface area contributed by atoms with Crippen molar-refractivity contribution in [3.63, 3.8) is 0 Å². The van der Waals surface area contributed by atoms with Crippen LogP contribution >= 0.6 is 11.8 Å². The fraction of sp³-hybridized carbons (Fsp3) is 0.200. The molecule has 8 heteroatoms. The van der Waals surface area contributed by atoms with Gasteiger partial charge in [0.15, 0.2) is 5.17 Å². The van der Waals surface area contributed by atoms with Crippen LogP contribution in [0.1, 0.15) is 33.8 Å². The molecule has 0 unspecified atom stereocenters. The SMILES string of the molecule is COC(=O)c1cnc2ccc(/C=C3\SC(N[C@@H]4C[C@H]4c4ccccc4)=NC3=O)cc2c1OC. The van der Waals surface area contributed by atoms with Gasteiger partial charge in [0, 0.05) is 23.5 Å². The molecule has 7 nitrogen and oxygen atoms in total. The lowest BCUT2D eigenvalue weighted by Crippen LogP contribution is -2.22. The van der Waals surface area contributed by atoms with Crippen molar-refractivity contribution in [1.29, 1.82) is 0 Å². The highest BCUT2D eigenvalue weighted by atomic mass is 32.2. The molecule has 1 fully saturated rings. The third-order valence-corrected chi connectivity index (χ3v) is 6.61. The quantitative estimate of drug-likeness (QED) is 0.453. The minimum Gasteiger partial charge on any atom is -0.495 e. The van der Waals surface area contributed by atoms with Crippen molar-refractivity contribution in [3.8, 4) is 5.75 Å². The van der Waals surface area contributed by atoms with Gasteiger partial charge in [0.05, 0.1) is 24.6 Å². The number of rotatable bonds is 5. The largest absolute Gasteiger partial charge is 0.495 e. The van der Waals surface area contributed by atoms with Gasteiger partial charge in [0.25, 0.3) is 5.91 Å². The maximum Gasteiger partial charge on any atom is 0.343 e. The molecule has 2 aromatic carbocycles. The molecule has 1 aliphatic heterocycles. The van der Waals surface area contributed by atoms with E-state index < -0.39 is 5.97 Å². The standard InChI is InChI=1S/C25H21N3O4S/c1-31-22-17-10-14(8-9-19(17)26-13-18(22)24(30)32-2)11-21-23(29)28-25(33-21)27-20-12-16(20)15-6-4-3-5-7-15/h3-11,13,16,20H,12H2,1-2H3,(H,27,28,29)/b21-11-/t16-,20+/m0/s1. The van der Waals surface area contributed by atoms with Gasteiger partial charge >= 0.3 is 5.97 Å². The van der Waals surface area contributed by atoms with Crippen LogP contribution in [0.2, 0.25) is 0 Å². The molecule has 2 aliphatic rings. The normalized spacial score (nSPS) is 20.6. The number of nitrogens with zero attached hydrogens (tertiary/aromatic N) is 2. The number of fused-ring (bicyclic) bond motifs is 1. The Labute approximate surface area is 194 Å². The van der Waals surface area contributed by atoms with Crippen LogP contribution in [0.3, 0.4) is 0 Å². The van der Waals surface area contributed by atoms with E-state index in [1.54, 1.807) is 6.08 Å². The summed E-state index contributed by atoms with van der Waals surface area (Å²) in [6.45, 7) is 0. The van der Waals surface area contributed by atoms with E-state index in [9.17, 15) is 9.59 Å². The van der Waals surface area contributed by atoms with E-state index in [4.69, 9.17) is 9.47 Å². The second-order valence-corrected chi connectivity index (χ2v) is 8.84. The monoisotopic (exact) mass is 459 g/mol. The van der Waals surface area contributed by atoms with E-state index in [-0.39, 0.29) is 11.5 Å². The Kier molecular flexibility index (Phi) is 5.60. The van der Waals surface area contributed by atoms with Gasteiger partial charge in [-0.1, -0.05) is 36.4 Å². The molecule has 1 N–H and O–H groups in total. The van der Waals surface area contributed by atoms with Crippen LogP contribution in [0.15, 0.2) is 64.6 Å². The molecule has 166 valence electrons. The molecule has 0 bridgehead atoms. The summed E-state index contributed by atoms with van der Waals surface area (Å²) < 4.78 is 10.3. The molecule has 2 atom stereocenters. The molecule has 1 saturated carbocycles. The number of benzene rings is 2. The van der Waals surface area contributed by atoms with Crippen LogP contribution in [0.25, 0.3) is 17.0 Å². The molecule has 2 heterocycles. The van der Waals surface area contributed by atoms with Crippen LogP contribution in [0.5, 0.6) is 5.75 Å². The van der Waals surface area contributed by atoms with Gasteiger partial charge in [-0.15, -0.1) is 0 Å². The number of amides is 1. The summed E-state index contributed by atoms with van der Waals surface area (Å²) in [7, 11) is 2.81. The third-order valence-electron chi connectivity index (χ3n) is 5.70. The lowest BCUT2D eigenvalue weighted by molar-refractivity contribution is -0.113. The van der Waals surface area contributed by atoms with Crippen LogP contribution in [0.4, 0.5) is 0 Å². The number of carbonyl (C=O) groups is 2. The molecule has 3 aromatic rings. The van der Waals surface area contributed by atoms with E-state index >= 15 is 0 Å². The van der Waals surface area contributed by atoms with Crippen molar-refractivity contribution in [1.82, 2.24) is 10.3 Å². The van der Waals surface area contributed by atoms with Gasteiger partial charge in [-0.3, -0.25) is 9.78 Å². The Morgan fingerprint density at radius 2 is 2.00 bits per heavy atom. The Morgan fingerprint density at radius 1 is 1.18 bits per heavy atom. The Balaban J connectivity index is 1.35. The van der Waals surface area contributed by atoms with Crippen LogP contribution in [-0.2, 0) is 9.53 Å². The van der Waals surface area contributed by atoms with Gasteiger partial charge in [-0.25, -0.2) is 4.79 Å². The number of hydrogen-bond acceptors (Lipinski definition) is 7. The predicted molar refractivity (Wildman–Crippen MR) is 128 cm³/mol.